The van der Waals surface area contributed by atoms with Crippen LogP contribution in [0.4, 0.5) is 0 Å². The number of rotatable bonds is 3. The Bertz CT molecular complexity index is 281. The van der Waals surface area contributed by atoms with Gasteiger partial charge in [0, 0.05) is 25.7 Å². The summed E-state index contributed by atoms with van der Waals surface area (Å²) in [6.07, 6.45) is 3.04. The van der Waals surface area contributed by atoms with Gasteiger partial charge in [0.05, 0.1) is 6.54 Å². The van der Waals surface area contributed by atoms with Crippen LogP contribution in [0.5, 0.6) is 0 Å². The van der Waals surface area contributed by atoms with Gasteiger partial charge < -0.3 is 4.90 Å². The molecular weight excluding hydrogens is 214 g/mol. The van der Waals surface area contributed by atoms with E-state index in [4.69, 9.17) is 0 Å². The van der Waals surface area contributed by atoms with Crippen molar-refractivity contribution in [2.24, 2.45) is 0 Å². The Morgan fingerprint density at radius 2 is 2.33 bits per heavy atom. The minimum absolute atomic E-state index is 0.0969. The third-order valence-corrected chi connectivity index (χ3v) is 2.44. The summed E-state index contributed by atoms with van der Waals surface area (Å²) in [6.45, 7) is 2.51. The van der Waals surface area contributed by atoms with Gasteiger partial charge in [0.1, 0.15) is 0 Å². The second kappa shape index (κ2) is 5.77. The van der Waals surface area contributed by atoms with E-state index in [1.165, 1.54) is 6.08 Å². The molecule has 0 unspecified atom stereocenters. The third-order valence-electron chi connectivity index (χ3n) is 2.21. The summed E-state index contributed by atoms with van der Waals surface area (Å²) in [7, 11) is 1.92. The van der Waals surface area contributed by atoms with Crippen LogP contribution in [0, 0.1) is 0 Å². The van der Waals surface area contributed by atoms with E-state index < -0.39 is 0 Å². The maximum absolute atomic E-state index is 11.5. The Kier molecular flexibility index (Phi) is 4.64. The number of hydrogen-bond donors (Lipinski definition) is 2. The maximum Gasteiger partial charge on any atom is 0.253 e. The number of thiol groups is 1. The molecule has 0 saturated carbocycles. The number of nitrogens with zero attached hydrogens (tertiary/aromatic N) is 2. The van der Waals surface area contributed by atoms with Crippen LogP contribution in [0.25, 0.3) is 0 Å². The highest BCUT2D eigenvalue weighted by Crippen LogP contribution is 2.00. The second-order valence-electron chi connectivity index (χ2n) is 3.46. The van der Waals surface area contributed by atoms with E-state index in [1.807, 2.05) is 11.9 Å². The van der Waals surface area contributed by atoms with Gasteiger partial charge in [-0.25, -0.2) is 0 Å². The van der Waals surface area contributed by atoms with Crippen molar-refractivity contribution in [2.75, 3.05) is 33.2 Å². The number of amides is 2. The fourth-order valence-electron chi connectivity index (χ4n) is 1.34. The van der Waals surface area contributed by atoms with Gasteiger partial charge >= 0.3 is 0 Å². The van der Waals surface area contributed by atoms with Gasteiger partial charge in [-0.2, -0.15) is 0 Å². The van der Waals surface area contributed by atoms with Crippen LogP contribution in [0.15, 0.2) is 12.2 Å². The predicted molar refractivity (Wildman–Crippen MR) is 60.3 cm³/mol. The molecule has 0 radical (unpaired) electrons. The summed E-state index contributed by atoms with van der Waals surface area (Å²) in [4.78, 5) is 26.0. The van der Waals surface area contributed by atoms with Crippen molar-refractivity contribution in [3.63, 3.8) is 0 Å². The largest absolute Gasteiger partial charge is 0.337 e. The number of hydrogen-bond acceptors (Lipinski definition) is 4. The minimum Gasteiger partial charge on any atom is -0.337 e. The average molecular weight is 229 g/mol. The normalized spacial score (nSPS) is 18.5. The molecule has 15 heavy (non-hydrogen) atoms. The zero-order valence-corrected chi connectivity index (χ0v) is 9.54. The van der Waals surface area contributed by atoms with Gasteiger partial charge in [-0.1, -0.05) is 18.9 Å². The predicted octanol–water partition coefficient (Wildman–Crippen LogP) is -0.722. The van der Waals surface area contributed by atoms with Gasteiger partial charge in [0.25, 0.3) is 5.91 Å². The monoisotopic (exact) mass is 229 g/mol. The van der Waals surface area contributed by atoms with Gasteiger partial charge in [-0.15, -0.1) is 0 Å². The number of likely N-dealkylation sites (N-methyl/N-ethyl adjacent to an activating group) is 1. The van der Waals surface area contributed by atoms with E-state index in [1.54, 1.807) is 11.0 Å². The van der Waals surface area contributed by atoms with E-state index >= 15 is 0 Å². The molecule has 1 aliphatic heterocycles. The first-order valence-corrected chi connectivity index (χ1v) is 5.15. The van der Waals surface area contributed by atoms with Gasteiger partial charge in [-0.05, 0) is 7.05 Å². The average Bonchev–Trinajstić information content (AvgIpc) is 2.21. The van der Waals surface area contributed by atoms with Crippen molar-refractivity contribution in [1.29, 1.82) is 0 Å². The zero-order valence-electron chi connectivity index (χ0n) is 8.64. The summed E-state index contributed by atoms with van der Waals surface area (Å²) in [6, 6.07) is 0. The molecule has 84 valence electrons. The summed E-state index contributed by atoms with van der Waals surface area (Å²) in [5.74, 6) is -0.181. The molecule has 1 saturated heterocycles. The van der Waals surface area contributed by atoms with Crippen LogP contribution in [-0.2, 0) is 9.59 Å². The van der Waals surface area contributed by atoms with Crippen LogP contribution >= 0.6 is 12.8 Å². The number of piperazine rings is 1. The summed E-state index contributed by atoms with van der Waals surface area (Å²) in [5, 5.41) is 0. The van der Waals surface area contributed by atoms with Crippen LogP contribution in [-0.4, -0.2) is 54.8 Å². The van der Waals surface area contributed by atoms with Gasteiger partial charge in [-0.3, -0.25) is 19.2 Å². The molecule has 0 atom stereocenters. The Morgan fingerprint density at radius 1 is 1.60 bits per heavy atom. The molecule has 0 aliphatic carbocycles. The Labute approximate surface area is 94.6 Å². The van der Waals surface area contributed by atoms with E-state index in [0.29, 0.717) is 19.6 Å². The topological polar surface area (TPSA) is 52.6 Å². The lowest BCUT2D eigenvalue weighted by atomic mass is 10.3. The molecule has 0 spiro atoms. The van der Waals surface area contributed by atoms with Crippen LogP contribution in [0.3, 0.4) is 0 Å². The highest BCUT2D eigenvalue weighted by molar-refractivity contribution is 7.78. The number of nitrogens with one attached hydrogen (secondary N) is 1. The van der Waals surface area contributed by atoms with Gasteiger partial charge in [0.15, 0.2) is 0 Å². The lowest BCUT2D eigenvalue weighted by Gasteiger charge is -2.31. The maximum atomic E-state index is 11.5. The smallest absolute Gasteiger partial charge is 0.253 e. The van der Waals surface area contributed by atoms with Crippen LogP contribution < -0.4 is 4.72 Å². The second-order valence-corrected chi connectivity index (χ2v) is 3.68. The molecule has 0 aromatic heterocycles. The van der Waals surface area contributed by atoms with Crippen molar-refractivity contribution >= 4 is 24.6 Å². The van der Waals surface area contributed by atoms with Gasteiger partial charge in [0.2, 0.25) is 5.91 Å². The first kappa shape index (κ1) is 12.1. The lowest BCUT2D eigenvalue weighted by Crippen LogP contribution is -2.48. The van der Waals surface area contributed by atoms with Crippen molar-refractivity contribution in [3.05, 3.63) is 12.2 Å². The molecule has 1 rings (SSSR count). The van der Waals surface area contributed by atoms with E-state index in [0.717, 1.165) is 6.54 Å². The first-order valence-electron chi connectivity index (χ1n) is 4.70. The molecule has 5 nitrogen and oxygen atoms in total. The molecule has 0 bridgehead atoms. The van der Waals surface area contributed by atoms with Crippen LogP contribution in [0.1, 0.15) is 0 Å². The number of carbonyl (C=O) groups excluding carboxylic acids is 2. The summed E-state index contributed by atoms with van der Waals surface area (Å²) >= 11 is 3.61. The molecule has 0 aromatic carbocycles. The van der Waals surface area contributed by atoms with Crippen molar-refractivity contribution in [1.82, 2.24) is 14.5 Å². The standard InChI is InChI=1S/C9H15N3O2S/c1-11-5-6-12(9(14)7-11)4-2-3-8(13)10-15/h2-3,15H,4-7H2,1H3,(H,10,13)/b3-2+. The molecule has 1 fully saturated rings. The quantitative estimate of drug-likeness (QED) is 0.496. The van der Waals surface area contributed by atoms with E-state index in [-0.39, 0.29) is 11.8 Å². The Hall–Kier alpha value is -1.01. The molecule has 6 heteroatoms. The van der Waals surface area contributed by atoms with Crippen molar-refractivity contribution in [3.8, 4) is 0 Å². The highest BCUT2D eigenvalue weighted by Gasteiger charge is 2.19. The summed E-state index contributed by atoms with van der Waals surface area (Å²) in [5.41, 5.74) is 0. The fraction of sp³-hybridized carbons (Fsp3) is 0.556. The SMILES string of the molecule is CN1CCN(C/C=C/C(=O)NS)C(=O)C1. The molecular formula is C9H15N3O2S. The van der Waals surface area contributed by atoms with Crippen molar-refractivity contribution in [2.45, 2.75) is 0 Å². The molecule has 1 heterocycles. The number of carbonyl (C=O) groups is 2. The van der Waals surface area contributed by atoms with Crippen molar-refractivity contribution < 1.29 is 9.59 Å². The zero-order chi connectivity index (χ0) is 11.3. The Balaban J connectivity index is 2.36. The van der Waals surface area contributed by atoms with E-state index in [9.17, 15) is 9.59 Å². The first-order chi connectivity index (χ1) is 7.13. The van der Waals surface area contributed by atoms with E-state index in [2.05, 4.69) is 17.5 Å². The third kappa shape index (κ3) is 3.93. The molecule has 1 N–H and O–H groups in total. The molecule has 2 amide bonds. The van der Waals surface area contributed by atoms with Crippen LogP contribution in [0.2, 0.25) is 0 Å². The molecule has 0 aromatic rings. The summed E-state index contributed by atoms with van der Waals surface area (Å²) < 4.78 is 2.18. The minimum atomic E-state index is -0.278. The Morgan fingerprint density at radius 3 is 2.93 bits per heavy atom. The highest BCUT2D eigenvalue weighted by atomic mass is 32.1. The molecule has 1 aliphatic rings. The fourth-order valence-corrected chi connectivity index (χ4v) is 1.42. The lowest BCUT2D eigenvalue weighted by molar-refractivity contribution is -0.134.